The van der Waals surface area contributed by atoms with Gasteiger partial charge >= 0.3 is 18.0 Å². The number of amides is 2. The van der Waals surface area contributed by atoms with Crippen LogP contribution in [-0.4, -0.2) is 67.9 Å². The summed E-state index contributed by atoms with van der Waals surface area (Å²) in [7, 11) is 2.75. The van der Waals surface area contributed by atoms with Crippen LogP contribution in [0.3, 0.4) is 0 Å². The van der Waals surface area contributed by atoms with Gasteiger partial charge in [0.2, 0.25) is 0 Å². The Hall–Kier alpha value is -1.83. The van der Waals surface area contributed by atoms with Crippen LogP contribution in [-0.2, 0) is 19.1 Å². The lowest BCUT2D eigenvalue weighted by molar-refractivity contribution is -0.141. The molecule has 0 aromatic carbocycles. The number of carboxylic acids is 1. The van der Waals surface area contributed by atoms with Gasteiger partial charge in [0.1, 0.15) is 6.04 Å². The molecule has 0 heterocycles. The molecule has 0 saturated carbocycles. The number of rotatable bonds is 9. The van der Waals surface area contributed by atoms with E-state index in [0.29, 0.717) is 6.61 Å². The quantitative estimate of drug-likeness (QED) is 0.582. The molecule has 116 valence electrons. The molecule has 0 spiro atoms. The number of urea groups is 1. The lowest BCUT2D eigenvalue weighted by Gasteiger charge is -2.24. The van der Waals surface area contributed by atoms with Crippen molar-refractivity contribution >= 4 is 18.0 Å². The number of esters is 1. The second-order valence-electron chi connectivity index (χ2n) is 4.05. The summed E-state index contributed by atoms with van der Waals surface area (Å²) < 4.78 is 9.38. The number of carbonyl (C=O) groups is 3. The van der Waals surface area contributed by atoms with E-state index in [4.69, 9.17) is 9.84 Å². The van der Waals surface area contributed by atoms with Crippen LogP contribution in [0.4, 0.5) is 4.79 Å². The fourth-order valence-electron chi connectivity index (χ4n) is 1.42. The van der Waals surface area contributed by atoms with Crippen molar-refractivity contribution in [1.29, 1.82) is 0 Å². The molecule has 2 amide bonds. The summed E-state index contributed by atoms with van der Waals surface area (Å²) in [6.07, 6.45) is 0.313. The van der Waals surface area contributed by atoms with Crippen molar-refractivity contribution in [2.24, 2.45) is 0 Å². The van der Waals surface area contributed by atoms with Crippen molar-refractivity contribution in [1.82, 2.24) is 10.2 Å². The molecule has 0 aliphatic rings. The van der Waals surface area contributed by atoms with E-state index in [1.54, 1.807) is 6.92 Å². The number of carboxylic acid groups (broad SMARTS) is 1. The summed E-state index contributed by atoms with van der Waals surface area (Å²) >= 11 is 0. The van der Waals surface area contributed by atoms with E-state index in [9.17, 15) is 14.4 Å². The van der Waals surface area contributed by atoms with Crippen LogP contribution in [0, 0.1) is 0 Å². The minimum absolute atomic E-state index is 0.0392. The molecule has 0 bridgehead atoms. The number of hydrogen-bond acceptors (Lipinski definition) is 5. The van der Waals surface area contributed by atoms with Crippen LogP contribution < -0.4 is 5.32 Å². The standard InChI is InChI=1S/C12H22N2O6/c1-4-9(11(16)17)13-12(18)14(7-8-19-2)6-5-10(15)20-3/h9H,4-8H2,1-3H3,(H,13,18)(H,16,17)/t9-/m0/s1. The highest BCUT2D eigenvalue weighted by molar-refractivity contribution is 5.82. The van der Waals surface area contributed by atoms with E-state index in [-0.39, 0.29) is 25.9 Å². The lowest BCUT2D eigenvalue weighted by atomic mass is 10.2. The number of hydrogen-bond donors (Lipinski definition) is 2. The molecule has 8 heteroatoms. The zero-order chi connectivity index (χ0) is 15.5. The Kier molecular flexibility index (Phi) is 9.10. The van der Waals surface area contributed by atoms with Gasteiger partial charge in [0.25, 0.3) is 0 Å². The minimum atomic E-state index is -1.10. The Balaban J connectivity index is 4.53. The summed E-state index contributed by atoms with van der Waals surface area (Å²) in [5.74, 6) is -1.54. The highest BCUT2D eigenvalue weighted by Gasteiger charge is 2.21. The molecule has 8 nitrogen and oxygen atoms in total. The Morgan fingerprint density at radius 1 is 1.25 bits per heavy atom. The van der Waals surface area contributed by atoms with Crippen molar-refractivity contribution in [3.63, 3.8) is 0 Å². The highest BCUT2D eigenvalue weighted by atomic mass is 16.5. The highest BCUT2D eigenvalue weighted by Crippen LogP contribution is 1.98. The maximum Gasteiger partial charge on any atom is 0.326 e. The van der Waals surface area contributed by atoms with Gasteiger partial charge in [-0.15, -0.1) is 0 Å². The van der Waals surface area contributed by atoms with Gasteiger partial charge in [-0.25, -0.2) is 9.59 Å². The summed E-state index contributed by atoms with van der Waals surface area (Å²) in [5, 5.41) is 11.3. The Labute approximate surface area is 118 Å². The predicted octanol–water partition coefficient (Wildman–Crippen LogP) is 0.0707. The van der Waals surface area contributed by atoms with Crippen LogP contribution in [0.2, 0.25) is 0 Å². The van der Waals surface area contributed by atoms with E-state index in [0.717, 1.165) is 0 Å². The van der Waals surface area contributed by atoms with E-state index in [2.05, 4.69) is 10.1 Å². The SMILES string of the molecule is CC[C@H](NC(=O)N(CCOC)CCC(=O)OC)C(=O)O. The molecule has 0 fully saturated rings. The monoisotopic (exact) mass is 290 g/mol. The first kappa shape index (κ1) is 18.2. The maximum absolute atomic E-state index is 12.0. The molecule has 20 heavy (non-hydrogen) atoms. The molecule has 0 aliphatic carbocycles. The third kappa shape index (κ3) is 6.93. The first-order valence-corrected chi connectivity index (χ1v) is 6.30. The van der Waals surface area contributed by atoms with Gasteiger partial charge in [-0.2, -0.15) is 0 Å². The van der Waals surface area contributed by atoms with Gasteiger partial charge in [0.05, 0.1) is 20.1 Å². The van der Waals surface area contributed by atoms with Gasteiger partial charge in [-0.05, 0) is 6.42 Å². The van der Waals surface area contributed by atoms with Gasteiger partial charge in [0, 0.05) is 20.2 Å². The lowest BCUT2D eigenvalue weighted by Crippen LogP contribution is -2.49. The van der Waals surface area contributed by atoms with Crippen molar-refractivity contribution in [3.05, 3.63) is 0 Å². The smallest absolute Gasteiger partial charge is 0.326 e. The molecule has 0 aromatic rings. The molecular weight excluding hydrogens is 268 g/mol. The van der Waals surface area contributed by atoms with E-state index < -0.39 is 24.0 Å². The van der Waals surface area contributed by atoms with Crippen molar-refractivity contribution in [2.45, 2.75) is 25.8 Å². The van der Waals surface area contributed by atoms with Gasteiger partial charge in [-0.3, -0.25) is 4.79 Å². The molecule has 0 unspecified atom stereocenters. The summed E-state index contributed by atoms with van der Waals surface area (Å²) in [4.78, 5) is 35.3. The topological polar surface area (TPSA) is 105 Å². The van der Waals surface area contributed by atoms with Crippen LogP contribution in [0.5, 0.6) is 0 Å². The fourth-order valence-corrected chi connectivity index (χ4v) is 1.42. The summed E-state index contributed by atoms with van der Waals surface area (Å²) in [5.41, 5.74) is 0. The third-order valence-corrected chi connectivity index (χ3v) is 2.67. The zero-order valence-corrected chi connectivity index (χ0v) is 12.0. The average molecular weight is 290 g/mol. The molecule has 0 saturated heterocycles. The van der Waals surface area contributed by atoms with E-state index in [1.165, 1.54) is 19.1 Å². The van der Waals surface area contributed by atoms with Gasteiger partial charge in [-0.1, -0.05) is 6.92 Å². The largest absolute Gasteiger partial charge is 0.480 e. The van der Waals surface area contributed by atoms with E-state index in [1.807, 2.05) is 0 Å². The third-order valence-electron chi connectivity index (χ3n) is 2.67. The number of nitrogens with one attached hydrogen (secondary N) is 1. The molecule has 0 aliphatic heterocycles. The van der Waals surface area contributed by atoms with Crippen molar-refractivity contribution < 1.29 is 29.0 Å². The molecule has 0 rings (SSSR count). The average Bonchev–Trinajstić information content (AvgIpc) is 2.43. The zero-order valence-electron chi connectivity index (χ0n) is 12.0. The second kappa shape index (κ2) is 10.0. The number of nitrogens with zero attached hydrogens (tertiary/aromatic N) is 1. The van der Waals surface area contributed by atoms with Gasteiger partial charge in [0.15, 0.2) is 0 Å². The molecular formula is C12H22N2O6. The Morgan fingerprint density at radius 3 is 2.35 bits per heavy atom. The van der Waals surface area contributed by atoms with Crippen LogP contribution in [0.1, 0.15) is 19.8 Å². The molecule has 0 radical (unpaired) electrons. The van der Waals surface area contributed by atoms with Crippen LogP contribution >= 0.6 is 0 Å². The minimum Gasteiger partial charge on any atom is -0.480 e. The maximum atomic E-state index is 12.0. The molecule has 1 atom stereocenters. The number of ether oxygens (including phenoxy) is 2. The number of methoxy groups -OCH3 is 2. The first-order chi connectivity index (χ1) is 9.46. The summed E-state index contributed by atoms with van der Waals surface area (Å²) in [6, 6.07) is -1.49. The van der Waals surface area contributed by atoms with Crippen LogP contribution in [0.15, 0.2) is 0 Å². The van der Waals surface area contributed by atoms with Crippen LogP contribution in [0.25, 0.3) is 0 Å². The normalized spacial score (nSPS) is 11.6. The molecule has 0 aromatic heterocycles. The second-order valence-corrected chi connectivity index (χ2v) is 4.05. The van der Waals surface area contributed by atoms with Gasteiger partial charge < -0.3 is 24.8 Å². The first-order valence-electron chi connectivity index (χ1n) is 6.30. The fraction of sp³-hybridized carbons (Fsp3) is 0.750. The molecule has 2 N–H and O–H groups in total. The summed E-state index contributed by atoms with van der Waals surface area (Å²) in [6.45, 7) is 2.35. The van der Waals surface area contributed by atoms with Crippen molar-refractivity contribution in [3.8, 4) is 0 Å². The Morgan fingerprint density at radius 2 is 1.90 bits per heavy atom. The van der Waals surface area contributed by atoms with E-state index >= 15 is 0 Å². The Bertz CT molecular complexity index is 334. The number of carbonyl (C=O) groups excluding carboxylic acids is 2. The number of aliphatic carboxylic acids is 1. The predicted molar refractivity (Wildman–Crippen MR) is 70.3 cm³/mol. The van der Waals surface area contributed by atoms with Crippen molar-refractivity contribution in [2.75, 3.05) is 33.9 Å².